The van der Waals surface area contributed by atoms with E-state index in [1.54, 1.807) is 0 Å². The first-order chi connectivity index (χ1) is 9.68. The molecule has 0 aliphatic carbocycles. The highest BCUT2D eigenvalue weighted by molar-refractivity contribution is 5.95. The van der Waals surface area contributed by atoms with Crippen LogP contribution in [0.15, 0.2) is 48.5 Å². The zero-order valence-corrected chi connectivity index (χ0v) is 11.0. The van der Waals surface area contributed by atoms with Crippen LogP contribution in [0.3, 0.4) is 0 Å². The van der Waals surface area contributed by atoms with Crippen molar-refractivity contribution in [3.63, 3.8) is 0 Å². The van der Waals surface area contributed by atoms with Crippen LogP contribution in [0.5, 0.6) is 0 Å². The lowest BCUT2D eigenvalue weighted by molar-refractivity contribution is 0.0501. The third-order valence-corrected chi connectivity index (χ3v) is 2.96. The second kappa shape index (κ2) is 6.70. The molecular weight excluding hydrogens is 257 g/mol. The number of hydrogen-bond donors (Lipinski definition) is 1. The molecule has 104 valence electrons. The molecule has 0 atom stereocenters. The number of para-hydroxylation sites is 1. The molecule has 2 rings (SSSR count). The summed E-state index contributed by atoms with van der Waals surface area (Å²) < 4.78 is 18.3. The number of esters is 1. The van der Waals surface area contributed by atoms with E-state index >= 15 is 0 Å². The molecule has 0 unspecified atom stereocenters. The lowest BCUT2D eigenvalue weighted by Crippen LogP contribution is -2.10. The van der Waals surface area contributed by atoms with E-state index < -0.39 is 11.8 Å². The predicted octanol–water partition coefficient (Wildman–Crippen LogP) is 3.20. The number of carbonyl (C=O) groups excluding carboxylic acids is 1. The van der Waals surface area contributed by atoms with Crippen molar-refractivity contribution < 1.29 is 13.9 Å². The number of hydrogen-bond acceptors (Lipinski definition) is 3. The predicted molar refractivity (Wildman–Crippen MR) is 75.9 cm³/mol. The molecular formula is C16H16FNO2. The SMILES string of the molecule is Nc1c(F)cccc1C(=O)OCCCc1ccccc1. The van der Waals surface area contributed by atoms with Crippen LogP contribution in [0.2, 0.25) is 0 Å². The van der Waals surface area contributed by atoms with Gasteiger partial charge in [-0.3, -0.25) is 0 Å². The van der Waals surface area contributed by atoms with Gasteiger partial charge in [0.15, 0.2) is 0 Å². The van der Waals surface area contributed by atoms with E-state index in [0.29, 0.717) is 6.42 Å². The van der Waals surface area contributed by atoms with Gasteiger partial charge in [-0.2, -0.15) is 0 Å². The van der Waals surface area contributed by atoms with Crippen molar-refractivity contribution in [2.45, 2.75) is 12.8 Å². The van der Waals surface area contributed by atoms with Gasteiger partial charge in [0.2, 0.25) is 0 Å². The summed E-state index contributed by atoms with van der Waals surface area (Å²) in [6.07, 6.45) is 1.54. The highest BCUT2D eigenvalue weighted by atomic mass is 19.1. The van der Waals surface area contributed by atoms with Crippen molar-refractivity contribution in [2.24, 2.45) is 0 Å². The standard InChI is InChI=1S/C16H16FNO2/c17-14-10-4-9-13(15(14)18)16(19)20-11-5-8-12-6-2-1-3-7-12/h1-4,6-7,9-10H,5,8,11,18H2. The van der Waals surface area contributed by atoms with Gasteiger partial charge in [-0.15, -0.1) is 0 Å². The number of rotatable bonds is 5. The summed E-state index contributed by atoms with van der Waals surface area (Å²) in [4.78, 5) is 11.8. The van der Waals surface area contributed by atoms with Crippen molar-refractivity contribution in [3.8, 4) is 0 Å². The Morgan fingerprint density at radius 1 is 1.10 bits per heavy atom. The van der Waals surface area contributed by atoms with E-state index in [1.807, 2.05) is 30.3 Å². The second-order valence-corrected chi connectivity index (χ2v) is 4.43. The molecule has 2 aromatic carbocycles. The minimum Gasteiger partial charge on any atom is -0.462 e. The van der Waals surface area contributed by atoms with E-state index in [4.69, 9.17) is 10.5 Å². The van der Waals surface area contributed by atoms with Gasteiger partial charge < -0.3 is 10.5 Å². The van der Waals surface area contributed by atoms with E-state index in [0.717, 1.165) is 6.42 Å². The Labute approximate surface area is 117 Å². The number of aryl methyl sites for hydroxylation is 1. The van der Waals surface area contributed by atoms with Crippen LogP contribution in [0.4, 0.5) is 10.1 Å². The van der Waals surface area contributed by atoms with Gasteiger partial charge in [0, 0.05) is 0 Å². The van der Waals surface area contributed by atoms with Crippen LogP contribution in [-0.4, -0.2) is 12.6 Å². The first-order valence-electron chi connectivity index (χ1n) is 6.43. The number of nitrogen functional groups attached to an aromatic ring is 1. The minimum atomic E-state index is -0.608. The van der Waals surface area contributed by atoms with Crippen LogP contribution >= 0.6 is 0 Å². The largest absolute Gasteiger partial charge is 0.462 e. The van der Waals surface area contributed by atoms with E-state index in [-0.39, 0.29) is 17.9 Å². The molecule has 0 aliphatic heterocycles. The number of benzene rings is 2. The lowest BCUT2D eigenvalue weighted by Gasteiger charge is -2.07. The molecule has 0 heterocycles. The Morgan fingerprint density at radius 2 is 1.85 bits per heavy atom. The van der Waals surface area contributed by atoms with E-state index in [2.05, 4.69) is 0 Å². The molecule has 4 heteroatoms. The maximum Gasteiger partial charge on any atom is 0.340 e. The zero-order chi connectivity index (χ0) is 14.4. The lowest BCUT2D eigenvalue weighted by atomic mass is 10.1. The van der Waals surface area contributed by atoms with Crippen molar-refractivity contribution in [3.05, 3.63) is 65.5 Å². The van der Waals surface area contributed by atoms with Crippen molar-refractivity contribution in [1.29, 1.82) is 0 Å². The topological polar surface area (TPSA) is 52.3 Å². The monoisotopic (exact) mass is 273 g/mol. The normalized spacial score (nSPS) is 10.2. The summed E-state index contributed by atoms with van der Waals surface area (Å²) in [5, 5.41) is 0. The number of carbonyl (C=O) groups is 1. The fourth-order valence-electron chi connectivity index (χ4n) is 1.88. The van der Waals surface area contributed by atoms with Gasteiger partial charge in [0.05, 0.1) is 17.9 Å². The molecule has 0 saturated heterocycles. The Hall–Kier alpha value is -2.36. The zero-order valence-electron chi connectivity index (χ0n) is 11.0. The quantitative estimate of drug-likeness (QED) is 0.517. The Morgan fingerprint density at radius 3 is 2.60 bits per heavy atom. The van der Waals surface area contributed by atoms with E-state index in [1.165, 1.54) is 23.8 Å². The summed E-state index contributed by atoms with van der Waals surface area (Å²) in [6.45, 7) is 0.281. The smallest absolute Gasteiger partial charge is 0.340 e. The third kappa shape index (κ3) is 3.57. The summed E-state index contributed by atoms with van der Waals surface area (Å²) in [6, 6.07) is 14.0. The summed E-state index contributed by atoms with van der Waals surface area (Å²) in [5.41, 5.74) is 6.60. The van der Waals surface area contributed by atoms with Crippen molar-refractivity contribution in [1.82, 2.24) is 0 Å². The number of ether oxygens (including phenoxy) is 1. The molecule has 0 bridgehead atoms. The summed E-state index contributed by atoms with van der Waals surface area (Å²) >= 11 is 0. The molecule has 0 saturated carbocycles. The average molecular weight is 273 g/mol. The molecule has 0 amide bonds. The Kier molecular flexibility index (Phi) is 4.71. The maximum absolute atomic E-state index is 13.2. The van der Waals surface area contributed by atoms with Crippen LogP contribution in [0, 0.1) is 5.82 Å². The van der Waals surface area contributed by atoms with Gasteiger partial charge in [-0.1, -0.05) is 36.4 Å². The van der Waals surface area contributed by atoms with Crippen molar-refractivity contribution in [2.75, 3.05) is 12.3 Å². The van der Waals surface area contributed by atoms with E-state index in [9.17, 15) is 9.18 Å². The molecule has 0 aliphatic rings. The first-order valence-corrected chi connectivity index (χ1v) is 6.43. The van der Waals surface area contributed by atoms with Crippen LogP contribution < -0.4 is 5.73 Å². The fourth-order valence-corrected chi connectivity index (χ4v) is 1.88. The summed E-state index contributed by atoms with van der Waals surface area (Å²) in [5.74, 6) is -1.20. The first kappa shape index (κ1) is 14.1. The molecule has 2 aromatic rings. The Balaban J connectivity index is 1.82. The molecule has 0 fully saturated rings. The van der Waals surface area contributed by atoms with Gasteiger partial charge in [-0.25, -0.2) is 9.18 Å². The molecule has 0 radical (unpaired) electrons. The van der Waals surface area contributed by atoms with Crippen LogP contribution in [-0.2, 0) is 11.2 Å². The minimum absolute atomic E-state index is 0.0738. The van der Waals surface area contributed by atoms with Crippen molar-refractivity contribution >= 4 is 11.7 Å². The second-order valence-electron chi connectivity index (χ2n) is 4.43. The van der Waals surface area contributed by atoms with Crippen LogP contribution in [0.25, 0.3) is 0 Å². The molecule has 2 N–H and O–H groups in total. The van der Waals surface area contributed by atoms with Gasteiger partial charge in [0.1, 0.15) is 5.82 Å². The fraction of sp³-hybridized carbons (Fsp3) is 0.188. The van der Waals surface area contributed by atoms with Gasteiger partial charge in [0.25, 0.3) is 0 Å². The molecule has 0 spiro atoms. The van der Waals surface area contributed by atoms with Crippen LogP contribution in [0.1, 0.15) is 22.3 Å². The summed E-state index contributed by atoms with van der Waals surface area (Å²) in [7, 11) is 0. The molecule has 0 aromatic heterocycles. The number of nitrogens with two attached hydrogens (primary N) is 1. The number of anilines is 1. The maximum atomic E-state index is 13.2. The highest BCUT2D eigenvalue weighted by Gasteiger charge is 2.13. The average Bonchev–Trinajstić information content (AvgIpc) is 2.47. The van der Waals surface area contributed by atoms with Gasteiger partial charge >= 0.3 is 5.97 Å². The highest BCUT2D eigenvalue weighted by Crippen LogP contribution is 2.16. The van der Waals surface area contributed by atoms with Gasteiger partial charge in [-0.05, 0) is 30.5 Å². The molecule has 20 heavy (non-hydrogen) atoms. The number of halogens is 1. The molecule has 3 nitrogen and oxygen atoms in total. The third-order valence-electron chi connectivity index (χ3n) is 2.96. The Bertz CT molecular complexity index is 584.